The predicted octanol–water partition coefficient (Wildman–Crippen LogP) is 0.144. The lowest BCUT2D eigenvalue weighted by atomic mass is 9.66. The Balaban J connectivity index is 1.73. The molecule has 5 heteroatoms. The molecule has 21 heavy (non-hydrogen) atoms. The molecule has 0 bridgehead atoms. The maximum Gasteiger partial charge on any atom is 0.186 e. The molecule has 8 atom stereocenters. The van der Waals surface area contributed by atoms with E-state index >= 15 is 0 Å². The minimum Gasteiger partial charge on any atom is -0.390 e. The maximum atomic E-state index is 10.6. The van der Waals surface area contributed by atoms with Crippen LogP contribution in [-0.4, -0.2) is 57.5 Å². The summed E-state index contributed by atoms with van der Waals surface area (Å²) in [5.74, 6) is 5.92. The topological polar surface area (TPSA) is 74.8 Å². The van der Waals surface area contributed by atoms with E-state index in [1.165, 1.54) is 0 Å². The Morgan fingerprint density at radius 1 is 1.29 bits per heavy atom. The molecule has 0 amide bonds. The average molecular weight is 292 g/mol. The van der Waals surface area contributed by atoms with E-state index in [1.54, 1.807) is 0 Å². The summed E-state index contributed by atoms with van der Waals surface area (Å²) in [6.07, 6.45) is -2.01. The van der Waals surface area contributed by atoms with E-state index in [2.05, 4.69) is 18.4 Å². The quantitative estimate of drug-likeness (QED) is 0.491. The Hall–Kier alpha value is -0.900. The Kier molecular flexibility index (Phi) is 2.42. The highest BCUT2D eigenvalue weighted by Crippen LogP contribution is 2.68. The minimum absolute atomic E-state index is 0.295. The molecule has 4 aliphatic rings. The van der Waals surface area contributed by atoms with Crippen LogP contribution in [0.1, 0.15) is 27.2 Å². The van der Waals surface area contributed by atoms with Crippen molar-refractivity contribution in [2.75, 3.05) is 0 Å². The second-order valence-corrected chi connectivity index (χ2v) is 6.90. The zero-order valence-corrected chi connectivity index (χ0v) is 12.4. The Labute approximate surface area is 123 Å². The second kappa shape index (κ2) is 3.70. The number of aliphatic hydroxyl groups excluding tert-OH is 2. The number of hydrogen-bond acceptors (Lipinski definition) is 5. The fourth-order valence-corrected chi connectivity index (χ4v) is 4.11. The molecule has 4 fully saturated rings. The molecule has 0 radical (unpaired) electrons. The van der Waals surface area contributed by atoms with Gasteiger partial charge in [-0.3, -0.25) is 0 Å². The van der Waals surface area contributed by atoms with Crippen LogP contribution in [-0.2, 0) is 14.2 Å². The second-order valence-electron chi connectivity index (χ2n) is 6.90. The summed E-state index contributed by atoms with van der Waals surface area (Å²) in [5, 5.41) is 20.7. The summed E-state index contributed by atoms with van der Waals surface area (Å²) in [6.45, 7) is 9.35. The van der Waals surface area contributed by atoms with Gasteiger partial charge in [0.05, 0.1) is 12.2 Å². The van der Waals surface area contributed by atoms with E-state index in [0.29, 0.717) is 6.42 Å². The summed E-state index contributed by atoms with van der Waals surface area (Å²) in [5.41, 5.74) is -1.56. The molecular weight excluding hydrogens is 272 g/mol. The number of ether oxygens (including phenoxy) is 3. The highest BCUT2D eigenvalue weighted by molar-refractivity contribution is 5.46. The third-order valence-electron chi connectivity index (χ3n) is 5.41. The van der Waals surface area contributed by atoms with Crippen molar-refractivity contribution in [1.82, 2.24) is 0 Å². The van der Waals surface area contributed by atoms with Crippen molar-refractivity contribution in [3.63, 3.8) is 0 Å². The van der Waals surface area contributed by atoms with Gasteiger partial charge in [0.15, 0.2) is 5.60 Å². The van der Waals surface area contributed by atoms with Gasteiger partial charge in [0, 0.05) is 6.42 Å². The third-order valence-corrected chi connectivity index (χ3v) is 5.41. The van der Waals surface area contributed by atoms with E-state index in [9.17, 15) is 10.2 Å². The van der Waals surface area contributed by atoms with E-state index in [-0.39, 0.29) is 12.2 Å². The largest absolute Gasteiger partial charge is 0.390 e. The van der Waals surface area contributed by atoms with Crippen molar-refractivity contribution < 1.29 is 24.4 Å². The van der Waals surface area contributed by atoms with Crippen molar-refractivity contribution >= 4 is 0 Å². The molecule has 3 aliphatic heterocycles. The first-order valence-corrected chi connectivity index (χ1v) is 7.35. The molecule has 114 valence electrons. The Bertz CT molecular complexity index is 591. The summed E-state index contributed by atoms with van der Waals surface area (Å²) in [4.78, 5) is 0. The molecule has 0 aromatic heterocycles. The van der Waals surface area contributed by atoms with Gasteiger partial charge in [-0.2, -0.15) is 0 Å². The van der Waals surface area contributed by atoms with Crippen molar-refractivity contribution in [2.24, 2.45) is 0 Å². The van der Waals surface area contributed by atoms with Gasteiger partial charge in [0.2, 0.25) is 0 Å². The van der Waals surface area contributed by atoms with E-state index < -0.39 is 35.1 Å². The molecule has 2 N–H and O–H groups in total. The van der Waals surface area contributed by atoms with Crippen LogP contribution < -0.4 is 0 Å². The fourth-order valence-electron chi connectivity index (χ4n) is 4.11. The van der Waals surface area contributed by atoms with Crippen LogP contribution >= 0.6 is 0 Å². The van der Waals surface area contributed by atoms with Gasteiger partial charge in [-0.05, 0) is 26.3 Å². The van der Waals surface area contributed by atoms with Crippen molar-refractivity contribution in [2.45, 2.75) is 74.5 Å². The van der Waals surface area contributed by atoms with Gasteiger partial charge in [0.25, 0.3) is 0 Å². The molecule has 5 nitrogen and oxygen atoms in total. The number of fused-ring (bicyclic) bond motifs is 2. The van der Waals surface area contributed by atoms with Crippen molar-refractivity contribution in [1.29, 1.82) is 0 Å². The average Bonchev–Trinajstić information content (AvgIpc) is 3.27. The molecule has 1 spiro atoms. The van der Waals surface area contributed by atoms with Gasteiger partial charge >= 0.3 is 0 Å². The van der Waals surface area contributed by atoms with E-state index in [4.69, 9.17) is 14.2 Å². The first-order valence-electron chi connectivity index (χ1n) is 7.35. The number of hydrogen-bond donors (Lipinski definition) is 2. The molecular formula is C16H20O5. The lowest BCUT2D eigenvalue weighted by molar-refractivity contribution is -0.208. The van der Waals surface area contributed by atoms with Gasteiger partial charge < -0.3 is 24.4 Å². The number of aliphatic hydroxyl groups is 2. The summed E-state index contributed by atoms with van der Waals surface area (Å²) in [6, 6.07) is 0. The number of rotatable bonds is 0. The molecule has 8 unspecified atom stereocenters. The molecule has 1 saturated carbocycles. The van der Waals surface area contributed by atoms with Crippen LogP contribution in [0.5, 0.6) is 0 Å². The summed E-state index contributed by atoms with van der Waals surface area (Å²) in [7, 11) is 0. The van der Waals surface area contributed by atoms with Gasteiger partial charge in [0.1, 0.15) is 29.5 Å². The van der Waals surface area contributed by atoms with Crippen LogP contribution in [0.25, 0.3) is 0 Å². The molecule has 1 aliphatic carbocycles. The van der Waals surface area contributed by atoms with Crippen LogP contribution in [0.4, 0.5) is 0 Å². The lowest BCUT2D eigenvalue weighted by Crippen LogP contribution is -2.66. The standard InChI is InChI=1S/C16H20O5/c1-8(2)5-6-15-11(18)12-16(20-12)7-10(17)9(3)19-14(16,4)13(15)21-15/h9-13,17-18H,1,7H2,2-4H3. The summed E-state index contributed by atoms with van der Waals surface area (Å²) >= 11 is 0. The van der Waals surface area contributed by atoms with Gasteiger partial charge in [-0.25, -0.2) is 0 Å². The van der Waals surface area contributed by atoms with E-state index in [1.807, 2.05) is 20.8 Å². The SMILES string of the molecule is C=C(C)C#CC12OC1C1(C)OC(C)C(O)CC13OC3C2O. The Morgan fingerprint density at radius 2 is 2.00 bits per heavy atom. The first kappa shape index (κ1) is 13.7. The molecule has 0 aromatic rings. The fraction of sp³-hybridized carbons (Fsp3) is 0.750. The molecule has 3 saturated heterocycles. The lowest BCUT2D eigenvalue weighted by Gasteiger charge is -2.46. The van der Waals surface area contributed by atoms with Crippen LogP contribution in [0, 0.1) is 11.8 Å². The zero-order chi connectivity index (χ0) is 15.2. The monoisotopic (exact) mass is 292 g/mol. The summed E-state index contributed by atoms with van der Waals surface area (Å²) < 4.78 is 17.7. The normalized spacial score (nSPS) is 59.8. The Morgan fingerprint density at radius 3 is 2.67 bits per heavy atom. The van der Waals surface area contributed by atoms with Crippen LogP contribution in [0.3, 0.4) is 0 Å². The molecule has 0 aromatic carbocycles. The smallest absolute Gasteiger partial charge is 0.186 e. The number of allylic oxidation sites excluding steroid dienone is 1. The highest BCUT2D eigenvalue weighted by Gasteiger charge is 2.89. The number of epoxide rings is 2. The predicted molar refractivity (Wildman–Crippen MR) is 73.4 cm³/mol. The molecule has 4 rings (SSSR count). The van der Waals surface area contributed by atoms with Gasteiger partial charge in [-0.1, -0.05) is 18.4 Å². The van der Waals surface area contributed by atoms with Crippen LogP contribution in [0.2, 0.25) is 0 Å². The van der Waals surface area contributed by atoms with Crippen LogP contribution in [0.15, 0.2) is 12.2 Å². The highest BCUT2D eigenvalue weighted by atomic mass is 16.7. The van der Waals surface area contributed by atoms with E-state index in [0.717, 1.165) is 5.57 Å². The zero-order valence-electron chi connectivity index (χ0n) is 12.4. The third kappa shape index (κ3) is 1.45. The molecule has 3 heterocycles. The van der Waals surface area contributed by atoms with Crippen molar-refractivity contribution in [3.8, 4) is 11.8 Å². The maximum absolute atomic E-state index is 10.6. The first-order chi connectivity index (χ1) is 9.77. The minimum atomic E-state index is -0.930. The van der Waals surface area contributed by atoms with Gasteiger partial charge in [-0.15, -0.1) is 0 Å². The van der Waals surface area contributed by atoms with Crippen molar-refractivity contribution in [3.05, 3.63) is 12.2 Å².